The van der Waals surface area contributed by atoms with Crippen LogP contribution in [0.4, 0.5) is 0 Å². The van der Waals surface area contributed by atoms with E-state index in [1.165, 1.54) is 14.2 Å². The third kappa shape index (κ3) is 5.77. The Kier molecular flexibility index (Phi) is 7.03. The van der Waals surface area contributed by atoms with Crippen LogP contribution in [-0.2, 0) is 26.8 Å². The van der Waals surface area contributed by atoms with E-state index in [2.05, 4.69) is 5.32 Å². The van der Waals surface area contributed by atoms with Crippen molar-refractivity contribution in [1.82, 2.24) is 5.32 Å². The molecule has 2 aromatic rings. The van der Waals surface area contributed by atoms with E-state index in [0.29, 0.717) is 30.0 Å². The average Bonchev–Trinajstić information content (AvgIpc) is 2.61. The zero-order valence-corrected chi connectivity index (χ0v) is 15.7. The lowest BCUT2D eigenvalue weighted by atomic mass is 10.1. The van der Waals surface area contributed by atoms with E-state index >= 15 is 0 Å². The molecule has 7 heteroatoms. The van der Waals surface area contributed by atoms with Crippen molar-refractivity contribution in [2.45, 2.75) is 12.2 Å². The number of hydrogen-bond acceptors (Lipinski definition) is 5. The van der Waals surface area contributed by atoms with Gasteiger partial charge in [-0.1, -0.05) is 42.5 Å². The number of hydrogen-bond donors (Lipinski definition) is 1. The van der Waals surface area contributed by atoms with Gasteiger partial charge >= 0.3 is 0 Å². The monoisotopic (exact) mass is 377 g/mol. The SMILES string of the molecule is COc1cccc(CS(=O)(=O)CC(=O)NCCc2ccccc2)c1OC. The predicted molar refractivity (Wildman–Crippen MR) is 100 cm³/mol. The van der Waals surface area contributed by atoms with Crippen molar-refractivity contribution in [3.05, 3.63) is 59.7 Å². The molecule has 1 amide bonds. The van der Waals surface area contributed by atoms with Gasteiger partial charge in [0.1, 0.15) is 5.75 Å². The molecule has 0 atom stereocenters. The molecule has 0 aliphatic heterocycles. The molecule has 0 unspecified atom stereocenters. The van der Waals surface area contributed by atoms with E-state index < -0.39 is 21.5 Å². The van der Waals surface area contributed by atoms with Crippen LogP contribution in [0.3, 0.4) is 0 Å². The smallest absolute Gasteiger partial charge is 0.235 e. The van der Waals surface area contributed by atoms with Crippen LogP contribution in [0, 0.1) is 0 Å². The van der Waals surface area contributed by atoms with Gasteiger partial charge in [-0.3, -0.25) is 4.79 Å². The quantitative estimate of drug-likeness (QED) is 0.723. The minimum atomic E-state index is -3.63. The number of benzene rings is 2. The number of rotatable bonds is 9. The highest BCUT2D eigenvalue weighted by Crippen LogP contribution is 2.31. The number of ether oxygens (including phenoxy) is 2. The van der Waals surface area contributed by atoms with E-state index in [-0.39, 0.29) is 5.75 Å². The van der Waals surface area contributed by atoms with Crippen LogP contribution in [0.5, 0.6) is 11.5 Å². The van der Waals surface area contributed by atoms with Gasteiger partial charge in [0.15, 0.2) is 21.3 Å². The summed E-state index contributed by atoms with van der Waals surface area (Å²) in [7, 11) is -0.703. The highest BCUT2D eigenvalue weighted by Gasteiger charge is 2.21. The molecule has 0 aliphatic rings. The lowest BCUT2D eigenvalue weighted by molar-refractivity contribution is -0.118. The van der Waals surface area contributed by atoms with Crippen LogP contribution < -0.4 is 14.8 Å². The highest BCUT2D eigenvalue weighted by molar-refractivity contribution is 7.91. The molecule has 0 spiro atoms. The first-order valence-corrected chi connectivity index (χ1v) is 9.98. The van der Waals surface area contributed by atoms with Crippen LogP contribution in [0.1, 0.15) is 11.1 Å². The lowest BCUT2D eigenvalue weighted by Crippen LogP contribution is -2.32. The molecule has 0 saturated carbocycles. The van der Waals surface area contributed by atoms with Gasteiger partial charge in [0, 0.05) is 12.1 Å². The van der Waals surface area contributed by atoms with Crippen LogP contribution in [0.2, 0.25) is 0 Å². The maximum absolute atomic E-state index is 12.4. The molecule has 0 saturated heterocycles. The molecule has 0 fully saturated rings. The molecule has 0 aromatic heterocycles. The van der Waals surface area contributed by atoms with Gasteiger partial charge in [-0.15, -0.1) is 0 Å². The Labute approximate surface area is 154 Å². The number of para-hydroxylation sites is 1. The third-order valence-corrected chi connectivity index (χ3v) is 5.24. The van der Waals surface area contributed by atoms with Gasteiger partial charge in [-0.2, -0.15) is 0 Å². The Morgan fingerprint density at radius 2 is 1.73 bits per heavy atom. The van der Waals surface area contributed by atoms with Gasteiger partial charge in [0.05, 0.1) is 20.0 Å². The standard InChI is InChI=1S/C19H23NO5S/c1-24-17-10-6-9-16(19(17)25-2)13-26(22,23)14-18(21)20-12-11-15-7-4-3-5-8-15/h3-10H,11-14H2,1-2H3,(H,20,21). The number of carbonyl (C=O) groups excluding carboxylic acids is 1. The van der Waals surface area contributed by atoms with Gasteiger partial charge in [-0.05, 0) is 18.1 Å². The van der Waals surface area contributed by atoms with Crippen molar-refractivity contribution in [2.24, 2.45) is 0 Å². The molecule has 1 N–H and O–H groups in total. The van der Waals surface area contributed by atoms with Gasteiger partial charge in [0.2, 0.25) is 5.91 Å². The second-order valence-corrected chi connectivity index (χ2v) is 7.83. The first kappa shape index (κ1) is 19.8. The summed E-state index contributed by atoms with van der Waals surface area (Å²) < 4.78 is 35.1. The minimum absolute atomic E-state index is 0.292. The largest absolute Gasteiger partial charge is 0.493 e. The molecule has 0 aliphatic carbocycles. The Hall–Kier alpha value is -2.54. The topological polar surface area (TPSA) is 81.7 Å². The van der Waals surface area contributed by atoms with Crippen molar-refractivity contribution >= 4 is 15.7 Å². The maximum Gasteiger partial charge on any atom is 0.235 e. The predicted octanol–water partition coefficient (Wildman–Crippen LogP) is 1.98. The molecule has 2 aromatic carbocycles. The van der Waals surface area contributed by atoms with Crippen LogP contribution in [0.25, 0.3) is 0 Å². The zero-order valence-electron chi connectivity index (χ0n) is 14.9. The molecule has 140 valence electrons. The molecule has 0 bridgehead atoms. The molecule has 6 nitrogen and oxygen atoms in total. The van der Waals surface area contributed by atoms with Crippen molar-refractivity contribution in [3.8, 4) is 11.5 Å². The average molecular weight is 377 g/mol. The summed E-state index contributed by atoms with van der Waals surface area (Å²) in [4.78, 5) is 12.0. The fraction of sp³-hybridized carbons (Fsp3) is 0.316. The summed E-state index contributed by atoms with van der Waals surface area (Å²) in [5.74, 6) is -0.555. The van der Waals surface area contributed by atoms with Crippen LogP contribution >= 0.6 is 0 Å². The van der Waals surface area contributed by atoms with E-state index in [1.54, 1.807) is 18.2 Å². The number of carbonyl (C=O) groups is 1. The number of methoxy groups -OCH3 is 2. The molecular formula is C19H23NO5S. The summed E-state index contributed by atoms with van der Waals surface area (Å²) in [6.45, 7) is 0.390. The number of amides is 1. The number of sulfone groups is 1. The van der Waals surface area contributed by atoms with Crippen molar-refractivity contribution in [3.63, 3.8) is 0 Å². The van der Waals surface area contributed by atoms with Gasteiger partial charge in [0.25, 0.3) is 0 Å². The van der Waals surface area contributed by atoms with Crippen LogP contribution in [0.15, 0.2) is 48.5 Å². The first-order valence-electron chi connectivity index (χ1n) is 8.16. The maximum atomic E-state index is 12.4. The van der Waals surface area contributed by atoms with Gasteiger partial charge < -0.3 is 14.8 Å². The van der Waals surface area contributed by atoms with E-state index in [0.717, 1.165) is 5.56 Å². The lowest BCUT2D eigenvalue weighted by Gasteiger charge is -2.13. The van der Waals surface area contributed by atoms with E-state index in [9.17, 15) is 13.2 Å². The van der Waals surface area contributed by atoms with Crippen molar-refractivity contribution in [1.29, 1.82) is 0 Å². The molecule has 0 radical (unpaired) electrons. The Balaban J connectivity index is 1.93. The van der Waals surface area contributed by atoms with Crippen LogP contribution in [-0.4, -0.2) is 40.8 Å². The normalized spacial score (nSPS) is 11.0. The molecule has 26 heavy (non-hydrogen) atoms. The van der Waals surface area contributed by atoms with E-state index in [4.69, 9.17) is 9.47 Å². The first-order chi connectivity index (χ1) is 12.4. The minimum Gasteiger partial charge on any atom is -0.493 e. The summed E-state index contributed by atoms with van der Waals surface area (Å²) in [5.41, 5.74) is 1.54. The number of nitrogens with one attached hydrogen (secondary N) is 1. The molecular weight excluding hydrogens is 354 g/mol. The summed E-state index contributed by atoms with van der Waals surface area (Å²) in [6.07, 6.45) is 0.649. The second kappa shape index (κ2) is 9.24. The zero-order chi connectivity index (χ0) is 19.0. The van der Waals surface area contributed by atoms with Gasteiger partial charge in [-0.25, -0.2) is 8.42 Å². The highest BCUT2D eigenvalue weighted by atomic mass is 32.2. The summed E-state index contributed by atoms with van der Waals surface area (Å²) >= 11 is 0. The summed E-state index contributed by atoms with van der Waals surface area (Å²) in [5, 5.41) is 2.65. The Bertz CT molecular complexity index is 834. The Morgan fingerprint density at radius 3 is 2.38 bits per heavy atom. The van der Waals surface area contributed by atoms with Crippen molar-refractivity contribution < 1.29 is 22.7 Å². The molecule has 0 heterocycles. The van der Waals surface area contributed by atoms with Crippen molar-refractivity contribution in [2.75, 3.05) is 26.5 Å². The third-order valence-electron chi connectivity index (χ3n) is 3.79. The second-order valence-electron chi connectivity index (χ2n) is 5.77. The van der Waals surface area contributed by atoms with E-state index in [1.807, 2.05) is 30.3 Å². The summed E-state index contributed by atoms with van der Waals surface area (Å²) in [6, 6.07) is 14.7. The Morgan fingerprint density at radius 1 is 1.00 bits per heavy atom. The fourth-order valence-corrected chi connectivity index (χ4v) is 3.90. The fourth-order valence-electron chi connectivity index (χ4n) is 2.60. The molecule has 2 rings (SSSR count).